The Morgan fingerprint density at radius 3 is 2.56 bits per heavy atom. The van der Waals surface area contributed by atoms with Gasteiger partial charge in [-0.05, 0) is 38.0 Å². The maximum absolute atomic E-state index is 9.09. The number of imidazole rings is 1. The molecule has 2 aromatic heterocycles. The Hall–Kier alpha value is -2.66. The van der Waals surface area contributed by atoms with Crippen LogP contribution in [0.25, 0.3) is 21.9 Å². The molecule has 0 unspecified atom stereocenters. The second-order valence-corrected chi connectivity index (χ2v) is 6.36. The van der Waals surface area contributed by atoms with Gasteiger partial charge in [0, 0.05) is 18.5 Å². The van der Waals surface area contributed by atoms with Crippen LogP contribution in [-0.4, -0.2) is 31.0 Å². The zero-order chi connectivity index (χ0) is 17.2. The molecule has 5 nitrogen and oxygen atoms in total. The monoisotopic (exact) mass is 334 g/mol. The Labute approximate surface area is 146 Å². The molecule has 0 saturated carbocycles. The number of aromatic nitrogens is 4. The molecule has 1 N–H and O–H groups in total. The molecule has 0 aliphatic heterocycles. The molecular formula is C20H22N4O. The highest BCUT2D eigenvalue weighted by atomic mass is 16.2. The van der Waals surface area contributed by atoms with Crippen LogP contribution >= 0.6 is 0 Å². The van der Waals surface area contributed by atoms with E-state index in [0.717, 1.165) is 47.5 Å². The van der Waals surface area contributed by atoms with E-state index in [1.807, 2.05) is 41.9 Å². The van der Waals surface area contributed by atoms with E-state index in [9.17, 15) is 0 Å². The number of hydrogen-bond donors (Lipinski definition) is 1. The Morgan fingerprint density at radius 1 is 0.960 bits per heavy atom. The first kappa shape index (κ1) is 15.8. The highest BCUT2D eigenvalue weighted by molar-refractivity contribution is 5.82. The number of rotatable bonds is 6. The first-order chi connectivity index (χ1) is 12.3. The van der Waals surface area contributed by atoms with Gasteiger partial charge in [-0.1, -0.05) is 30.3 Å². The predicted octanol–water partition coefficient (Wildman–Crippen LogP) is 3.52. The van der Waals surface area contributed by atoms with Crippen molar-refractivity contribution in [2.24, 2.45) is 0 Å². The average Bonchev–Trinajstić information content (AvgIpc) is 3.14. The van der Waals surface area contributed by atoms with E-state index in [2.05, 4.69) is 22.8 Å². The van der Waals surface area contributed by atoms with Crippen molar-refractivity contribution in [3.8, 4) is 0 Å². The van der Waals surface area contributed by atoms with Crippen molar-refractivity contribution in [3.05, 3.63) is 60.0 Å². The average molecular weight is 334 g/mol. The molecule has 0 bridgehead atoms. The van der Waals surface area contributed by atoms with Crippen molar-refractivity contribution >= 4 is 21.9 Å². The van der Waals surface area contributed by atoms with Crippen LogP contribution in [0.1, 0.15) is 24.4 Å². The third-order valence-corrected chi connectivity index (χ3v) is 4.66. The van der Waals surface area contributed by atoms with Gasteiger partial charge in [-0.2, -0.15) is 5.10 Å². The van der Waals surface area contributed by atoms with E-state index in [4.69, 9.17) is 15.2 Å². The lowest BCUT2D eigenvalue weighted by molar-refractivity contribution is 0.281. The van der Waals surface area contributed by atoms with Crippen molar-refractivity contribution in [3.63, 3.8) is 0 Å². The minimum absolute atomic E-state index is 0.227. The van der Waals surface area contributed by atoms with Gasteiger partial charge < -0.3 is 9.67 Å². The van der Waals surface area contributed by atoms with Gasteiger partial charge in [0.25, 0.3) is 0 Å². The summed E-state index contributed by atoms with van der Waals surface area (Å²) < 4.78 is 4.30. The Balaban J connectivity index is 1.76. The number of para-hydroxylation sites is 3. The molecule has 5 heteroatoms. The molecule has 4 aromatic rings. The van der Waals surface area contributed by atoms with Crippen LogP contribution in [0.2, 0.25) is 0 Å². The maximum Gasteiger partial charge on any atom is 0.131 e. The number of hydrogen-bond acceptors (Lipinski definition) is 3. The topological polar surface area (TPSA) is 55.9 Å². The molecule has 0 spiro atoms. The van der Waals surface area contributed by atoms with Gasteiger partial charge in [0.1, 0.15) is 5.82 Å². The van der Waals surface area contributed by atoms with E-state index in [0.29, 0.717) is 6.54 Å². The largest absolute Gasteiger partial charge is 0.396 e. The maximum atomic E-state index is 9.09. The van der Waals surface area contributed by atoms with Gasteiger partial charge in [-0.15, -0.1) is 0 Å². The highest BCUT2D eigenvalue weighted by Crippen LogP contribution is 2.21. The van der Waals surface area contributed by atoms with Gasteiger partial charge in [0.15, 0.2) is 0 Å². The summed E-state index contributed by atoms with van der Waals surface area (Å²) in [5.41, 5.74) is 4.32. The summed E-state index contributed by atoms with van der Waals surface area (Å²) in [5.74, 6) is 1.01. The standard InChI is InChI=1S/C20H22N4O/c1-15-16-8-2-4-10-18(16)24(22-15)14-20-21-17-9-3-5-11-19(17)23(20)12-6-7-13-25/h2-5,8-11,25H,6-7,12-14H2,1H3. The summed E-state index contributed by atoms with van der Waals surface area (Å²) in [6.45, 7) is 3.77. The Bertz CT molecular complexity index is 1020. The van der Waals surface area contributed by atoms with Crippen LogP contribution in [0.15, 0.2) is 48.5 Å². The fourth-order valence-corrected chi connectivity index (χ4v) is 3.43. The van der Waals surface area contributed by atoms with Crippen molar-refractivity contribution in [1.29, 1.82) is 0 Å². The fraction of sp³-hybridized carbons (Fsp3) is 0.300. The van der Waals surface area contributed by atoms with Crippen molar-refractivity contribution in [2.45, 2.75) is 32.9 Å². The number of aryl methyl sites for hydroxylation is 2. The number of fused-ring (bicyclic) bond motifs is 2. The molecule has 0 saturated heterocycles. The van der Waals surface area contributed by atoms with Gasteiger partial charge in [0.05, 0.1) is 28.8 Å². The van der Waals surface area contributed by atoms with E-state index >= 15 is 0 Å². The molecule has 25 heavy (non-hydrogen) atoms. The van der Waals surface area contributed by atoms with Crippen LogP contribution in [0.5, 0.6) is 0 Å². The molecule has 0 aliphatic carbocycles. The molecule has 128 valence electrons. The molecule has 2 heterocycles. The van der Waals surface area contributed by atoms with Gasteiger partial charge in [0.2, 0.25) is 0 Å². The lowest BCUT2D eigenvalue weighted by atomic mass is 10.2. The number of unbranched alkanes of at least 4 members (excludes halogenated alkanes) is 1. The van der Waals surface area contributed by atoms with E-state index in [1.54, 1.807) is 0 Å². The first-order valence-electron chi connectivity index (χ1n) is 8.75. The predicted molar refractivity (Wildman–Crippen MR) is 99.6 cm³/mol. The van der Waals surface area contributed by atoms with Crippen LogP contribution < -0.4 is 0 Å². The van der Waals surface area contributed by atoms with Crippen LogP contribution in [0.3, 0.4) is 0 Å². The van der Waals surface area contributed by atoms with Crippen molar-refractivity contribution in [1.82, 2.24) is 19.3 Å². The molecule has 2 aromatic carbocycles. The van der Waals surface area contributed by atoms with Gasteiger partial charge in [-0.25, -0.2) is 4.98 Å². The third kappa shape index (κ3) is 2.91. The number of aliphatic hydroxyl groups is 1. The van der Waals surface area contributed by atoms with Crippen molar-refractivity contribution in [2.75, 3.05) is 6.61 Å². The van der Waals surface area contributed by atoms with E-state index in [1.165, 1.54) is 5.39 Å². The molecule has 0 atom stereocenters. The summed E-state index contributed by atoms with van der Waals surface area (Å²) in [7, 11) is 0. The molecule has 0 fully saturated rings. The van der Waals surface area contributed by atoms with Gasteiger partial charge in [-0.3, -0.25) is 4.68 Å². The SMILES string of the molecule is Cc1nn(Cc2nc3ccccc3n2CCCCO)c2ccccc12. The number of nitrogens with zero attached hydrogens (tertiary/aromatic N) is 4. The summed E-state index contributed by atoms with van der Waals surface area (Å²) >= 11 is 0. The molecular weight excluding hydrogens is 312 g/mol. The normalized spacial score (nSPS) is 11.6. The summed E-state index contributed by atoms with van der Waals surface area (Å²) in [5, 5.41) is 15.0. The fourth-order valence-electron chi connectivity index (χ4n) is 3.43. The molecule has 0 aliphatic rings. The second kappa shape index (κ2) is 6.69. The van der Waals surface area contributed by atoms with Gasteiger partial charge >= 0.3 is 0 Å². The smallest absolute Gasteiger partial charge is 0.131 e. The quantitative estimate of drug-likeness (QED) is 0.549. The number of benzene rings is 2. The summed E-state index contributed by atoms with van der Waals surface area (Å²) in [4.78, 5) is 4.84. The lowest BCUT2D eigenvalue weighted by Gasteiger charge is -2.09. The minimum Gasteiger partial charge on any atom is -0.396 e. The first-order valence-corrected chi connectivity index (χ1v) is 8.75. The Kier molecular flexibility index (Phi) is 4.24. The summed E-state index contributed by atoms with van der Waals surface area (Å²) in [6, 6.07) is 16.5. The molecule has 0 amide bonds. The number of aliphatic hydroxyl groups excluding tert-OH is 1. The zero-order valence-corrected chi connectivity index (χ0v) is 14.4. The minimum atomic E-state index is 0.227. The van der Waals surface area contributed by atoms with Crippen LogP contribution in [-0.2, 0) is 13.1 Å². The van der Waals surface area contributed by atoms with E-state index in [-0.39, 0.29) is 6.61 Å². The van der Waals surface area contributed by atoms with E-state index < -0.39 is 0 Å². The summed E-state index contributed by atoms with van der Waals surface area (Å²) in [6.07, 6.45) is 1.73. The zero-order valence-electron chi connectivity index (χ0n) is 14.4. The third-order valence-electron chi connectivity index (χ3n) is 4.66. The van der Waals surface area contributed by atoms with Crippen LogP contribution in [0, 0.1) is 6.92 Å². The highest BCUT2D eigenvalue weighted by Gasteiger charge is 2.13. The van der Waals surface area contributed by atoms with Crippen LogP contribution in [0.4, 0.5) is 0 Å². The molecule has 0 radical (unpaired) electrons. The molecule has 4 rings (SSSR count). The second-order valence-electron chi connectivity index (χ2n) is 6.36. The van der Waals surface area contributed by atoms with Crippen molar-refractivity contribution < 1.29 is 5.11 Å². The lowest BCUT2D eigenvalue weighted by Crippen LogP contribution is -2.10. The Morgan fingerprint density at radius 2 is 1.72 bits per heavy atom.